The van der Waals surface area contributed by atoms with Gasteiger partial charge < -0.3 is 14.4 Å². The second-order valence-corrected chi connectivity index (χ2v) is 5.76. The van der Waals surface area contributed by atoms with Crippen LogP contribution in [-0.4, -0.2) is 36.6 Å². The summed E-state index contributed by atoms with van der Waals surface area (Å²) in [6.07, 6.45) is 5.70. The summed E-state index contributed by atoms with van der Waals surface area (Å²) in [5.74, 6) is 1.59. The molecule has 2 aliphatic heterocycles. The predicted octanol–water partition coefficient (Wildman–Crippen LogP) is 3.14. The molecular formula is C16H18ClNO3. The highest BCUT2D eigenvalue weighted by Crippen LogP contribution is 2.36. The summed E-state index contributed by atoms with van der Waals surface area (Å²) in [6, 6.07) is 3.73. The maximum atomic E-state index is 11.3. The first kappa shape index (κ1) is 14.3. The molecule has 0 spiro atoms. The van der Waals surface area contributed by atoms with E-state index in [1.54, 1.807) is 6.92 Å². The quantitative estimate of drug-likeness (QED) is 0.842. The molecule has 21 heavy (non-hydrogen) atoms. The van der Waals surface area contributed by atoms with E-state index in [0.717, 1.165) is 37.2 Å². The standard InChI is InChI=1S/C16H18ClNO3/c1-11(19)18-6-4-13(5-7-18)21-16-10-15-12(9-14(16)17)3-2-8-20-15/h2-3,9-10,13H,4-8H2,1H3. The van der Waals surface area contributed by atoms with Gasteiger partial charge in [-0.25, -0.2) is 0 Å². The summed E-state index contributed by atoms with van der Waals surface area (Å²) in [5, 5.41) is 0.595. The zero-order valence-corrected chi connectivity index (χ0v) is 12.7. The van der Waals surface area contributed by atoms with Crippen molar-refractivity contribution in [2.24, 2.45) is 0 Å². The number of halogens is 1. The molecule has 0 aromatic heterocycles. The van der Waals surface area contributed by atoms with Crippen LogP contribution in [0, 0.1) is 0 Å². The lowest BCUT2D eigenvalue weighted by molar-refractivity contribution is -0.130. The van der Waals surface area contributed by atoms with Crippen molar-refractivity contribution < 1.29 is 14.3 Å². The zero-order valence-electron chi connectivity index (χ0n) is 12.0. The predicted molar refractivity (Wildman–Crippen MR) is 81.9 cm³/mol. The third kappa shape index (κ3) is 3.16. The van der Waals surface area contributed by atoms with Crippen molar-refractivity contribution in [3.05, 3.63) is 28.8 Å². The van der Waals surface area contributed by atoms with Crippen molar-refractivity contribution in [1.82, 2.24) is 4.90 Å². The number of piperidine rings is 1. The molecule has 2 aliphatic rings. The van der Waals surface area contributed by atoms with E-state index in [2.05, 4.69) is 0 Å². The van der Waals surface area contributed by atoms with Gasteiger partial charge in [-0.2, -0.15) is 0 Å². The molecule has 0 bridgehead atoms. The molecule has 0 radical (unpaired) electrons. The van der Waals surface area contributed by atoms with Gasteiger partial charge in [0.15, 0.2) is 0 Å². The van der Waals surface area contributed by atoms with Crippen molar-refractivity contribution in [1.29, 1.82) is 0 Å². The molecule has 0 atom stereocenters. The molecule has 3 rings (SSSR count). The molecule has 0 saturated carbocycles. The fourth-order valence-electron chi connectivity index (χ4n) is 2.68. The minimum Gasteiger partial charge on any atom is -0.489 e. The largest absolute Gasteiger partial charge is 0.489 e. The molecule has 1 aromatic rings. The Labute approximate surface area is 129 Å². The van der Waals surface area contributed by atoms with Crippen molar-refractivity contribution >= 4 is 23.6 Å². The van der Waals surface area contributed by atoms with Crippen LogP contribution < -0.4 is 9.47 Å². The Hall–Kier alpha value is -1.68. The summed E-state index contributed by atoms with van der Waals surface area (Å²) in [4.78, 5) is 13.2. The Morgan fingerprint density at radius 2 is 2.14 bits per heavy atom. The Kier molecular flexibility index (Phi) is 4.06. The van der Waals surface area contributed by atoms with Crippen molar-refractivity contribution in [3.63, 3.8) is 0 Å². The fourth-order valence-corrected chi connectivity index (χ4v) is 2.89. The van der Waals surface area contributed by atoms with E-state index in [9.17, 15) is 4.79 Å². The van der Waals surface area contributed by atoms with E-state index < -0.39 is 0 Å². The van der Waals surface area contributed by atoms with Crippen LogP contribution in [0.3, 0.4) is 0 Å². The molecule has 1 amide bonds. The number of likely N-dealkylation sites (tertiary alicyclic amines) is 1. The average molecular weight is 308 g/mol. The van der Waals surface area contributed by atoms with Gasteiger partial charge in [0.05, 0.1) is 5.02 Å². The third-order valence-electron chi connectivity index (χ3n) is 3.88. The molecular weight excluding hydrogens is 290 g/mol. The van der Waals surface area contributed by atoms with E-state index in [-0.39, 0.29) is 12.0 Å². The Balaban J connectivity index is 1.68. The molecule has 2 heterocycles. The topological polar surface area (TPSA) is 38.8 Å². The number of hydrogen-bond acceptors (Lipinski definition) is 3. The first-order chi connectivity index (χ1) is 10.1. The summed E-state index contributed by atoms with van der Waals surface area (Å²) in [5.41, 5.74) is 0.977. The molecule has 0 unspecified atom stereocenters. The van der Waals surface area contributed by atoms with Gasteiger partial charge in [0.25, 0.3) is 0 Å². The molecule has 4 nitrogen and oxygen atoms in total. The highest BCUT2D eigenvalue weighted by atomic mass is 35.5. The van der Waals surface area contributed by atoms with Gasteiger partial charge >= 0.3 is 0 Å². The molecule has 5 heteroatoms. The SMILES string of the molecule is CC(=O)N1CCC(Oc2cc3c(cc2Cl)C=CCO3)CC1. The highest BCUT2D eigenvalue weighted by Gasteiger charge is 2.23. The maximum Gasteiger partial charge on any atom is 0.219 e. The number of hydrogen-bond donors (Lipinski definition) is 0. The maximum absolute atomic E-state index is 11.3. The Morgan fingerprint density at radius 3 is 2.86 bits per heavy atom. The van der Waals surface area contributed by atoms with Gasteiger partial charge in [0.2, 0.25) is 5.91 Å². The molecule has 112 valence electrons. The van der Waals surface area contributed by atoms with Crippen LogP contribution in [0.1, 0.15) is 25.3 Å². The van der Waals surface area contributed by atoms with Crippen molar-refractivity contribution in [3.8, 4) is 11.5 Å². The lowest BCUT2D eigenvalue weighted by atomic mass is 10.1. The van der Waals surface area contributed by atoms with Gasteiger partial charge in [-0.15, -0.1) is 0 Å². The minimum absolute atomic E-state index is 0.0929. The number of nitrogens with zero attached hydrogens (tertiary/aromatic N) is 1. The smallest absolute Gasteiger partial charge is 0.219 e. The van der Waals surface area contributed by atoms with E-state index in [4.69, 9.17) is 21.1 Å². The van der Waals surface area contributed by atoms with Gasteiger partial charge in [-0.05, 0) is 12.1 Å². The fraction of sp³-hybridized carbons (Fsp3) is 0.438. The zero-order chi connectivity index (χ0) is 14.8. The average Bonchev–Trinajstić information content (AvgIpc) is 2.48. The second-order valence-electron chi connectivity index (χ2n) is 5.36. The summed E-state index contributed by atoms with van der Waals surface area (Å²) >= 11 is 6.28. The van der Waals surface area contributed by atoms with Crippen LogP contribution in [0.2, 0.25) is 5.02 Å². The molecule has 1 aromatic carbocycles. The Bertz CT molecular complexity index is 577. The number of fused-ring (bicyclic) bond motifs is 1. The van der Waals surface area contributed by atoms with Crippen LogP contribution in [0.5, 0.6) is 11.5 Å². The Morgan fingerprint density at radius 1 is 1.38 bits per heavy atom. The normalized spacial score (nSPS) is 18.1. The number of ether oxygens (including phenoxy) is 2. The summed E-state index contributed by atoms with van der Waals surface area (Å²) < 4.78 is 11.6. The van der Waals surface area contributed by atoms with E-state index in [0.29, 0.717) is 17.4 Å². The van der Waals surface area contributed by atoms with Crippen molar-refractivity contribution in [2.75, 3.05) is 19.7 Å². The first-order valence-electron chi connectivity index (χ1n) is 7.18. The number of rotatable bonds is 2. The van der Waals surface area contributed by atoms with Gasteiger partial charge in [0.1, 0.15) is 24.2 Å². The van der Waals surface area contributed by atoms with Crippen molar-refractivity contribution in [2.45, 2.75) is 25.9 Å². The van der Waals surface area contributed by atoms with Crippen LogP contribution in [0.25, 0.3) is 6.08 Å². The van der Waals surface area contributed by atoms with E-state index in [1.807, 2.05) is 29.2 Å². The van der Waals surface area contributed by atoms with Crippen LogP contribution in [0.15, 0.2) is 18.2 Å². The van der Waals surface area contributed by atoms with E-state index >= 15 is 0 Å². The monoisotopic (exact) mass is 307 g/mol. The van der Waals surface area contributed by atoms with Gasteiger partial charge in [-0.3, -0.25) is 4.79 Å². The number of benzene rings is 1. The van der Waals surface area contributed by atoms with Gasteiger partial charge in [-0.1, -0.05) is 17.7 Å². The second kappa shape index (κ2) is 5.98. The number of amides is 1. The highest BCUT2D eigenvalue weighted by molar-refractivity contribution is 6.32. The third-order valence-corrected chi connectivity index (χ3v) is 4.17. The molecule has 0 N–H and O–H groups in total. The molecule has 0 aliphatic carbocycles. The molecule has 1 fully saturated rings. The summed E-state index contributed by atoms with van der Waals surface area (Å²) in [7, 11) is 0. The molecule has 1 saturated heterocycles. The van der Waals surface area contributed by atoms with Crippen LogP contribution in [-0.2, 0) is 4.79 Å². The van der Waals surface area contributed by atoms with E-state index in [1.165, 1.54) is 0 Å². The van der Waals surface area contributed by atoms with Gasteiger partial charge in [0, 0.05) is 44.5 Å². The lowest BCUT2D eigenvalue weighted by Gasteiger charge is -2.31. The number of carbonyl (C=O) groups excluding carboxylic acids is 1. The first-order valence-corrected chi connectivity index (χ1v) is 7.56. The summed E-state index contributed by atoms with van der Waals surface area (Å²) in [6.45, 7) is 3.65. The lowest BCUT2D eigenvalue weighted by Crippen LogP contribution is -2.40. The van der Waals surface area contributed by atoms with Crippen LogP contribution in [0.4, 0.5) is 0 Å². The van der Waals surface area contributed by atoms with Crippen LogP contribution >= 0.6 is 11.6 Å². The number of carbonyl (C=O) groups is 1. The minimum atomic E-state index is 0.0929.